The van der Waals surface area contributed by atoms with Crippen molar-refractivity contribution in [3.05, 3.63) is 78.4 Å². The lowest BCUT2D eigenvalue weighted by Crippen LogP contribution is -2.26. The first-order valence-electron chi connectivity index (χ1n) is 8.16. The molecule has 0 bridgehead atoms. The van der Waals surface area contributed by atoms with Gasteiger partial charge in [-0.15, -0.1) is 0 Å². The van der Waals surface area contributed by atoms with Crippen LogP contribution in [0.5, 0.6) is 0 Å². The molecule has 1 heterocycles. The molecule has 0 aliphatic rings. The van der Waals surface area contributed by atoms with E-state index >= 15 is 0 Å². The molecule has 0 aliphatic carbocycles. The van der Waals surface area contributed by atoms with E-state index in [2.05, 4.69) is 28.7 Å². The number of carboxylic acids is 1. The highest BCUT2D eigenvalue weighted by Crippen LogP contribution is 2.25. The Labute approximate surface area is 148 Å². The third-order valence-electron chi connectivity index (χ3n) is 3.79. The number of carbonyl (C=O) groups is 1. The van der Waals surface area contributed by atoms with Gasteiger partial charge >= 0.3 is 5.97 Å². The topological polar surface area (TPSA) is 65.5 Å². The van der Waals surface area contributed by atoms with Gasteiger partial charge < -0.3 is 15.3 Å². The predicted molar refractivity (Wildman–Crippen MR) is 101 cm³/mol. The number of anilines is 1. The van der Waals surface area contributed by atoms with Crippen molar-refractivity contribution in [2.24, 2.45) is 0 Å². The molecule has 1 aromatic heterocycles. The van der Waals surface area contributed by atoms with Crippen molar-refractivity contribution in [3.8, 4) is 0 Å². The minimum atomic E-state index is -0.998. The molecule has 0 amide bonds. The second-order valence-electron chi connectivity index (χ2n) is 5.61. The summed E-state index contributed by atoms with van der Waals surface area (Å²) in [5.41, 5.74) is 2.53. The molecule has 5 heteroatoms. The Morgan fingerprint density at radius 2 is 2.04 bits per heavy atom. The van der Waals surface area contributed by atoms with Crippen LogP contribution < -0.4 is 5.32 Å². The van der Waals surface area contributed by atoms with Gasteiger partial charge in [-0.1, -0.05) is 49.9 Å². The van der Waals surface area contributed by atoms with Crippen molar-refractivity contribution in [3.63, 3.8) is 0 Å². The Hall–Kier alpha value is -3.08. The van der Waals surface area contributed by atoms with Gasteiger partial charge in [-0.3, -0.25) is 4.98 Å². The lowest BCUT2D eigenvalue weighted by Gasteiger charge is -2.26. The van der Waals surface area contributed by atoms with E-state index in [0.717, 1.165) is 29.9 Å². The number of rotatable bonds is 8. The number of hydrogen-bond donors (Lipinski definition) is 2. The monoisotopic (exact) mass is 337 g/mol. The quantitative estimate of drug-likeness (QED) is 0.710. The molecule has 130 valence electrons. The van der Waals surface area contributed by atoms with Gasteiger partial charge in [0.05, 0.1) is 17.4 Å². The second-order valence-corrected chi connectivity index (χ2v) is 5.61. The molecule has 0 unspecified atom stereocenters. The van der Waals surface area contributed by atoms with Gasteiger partial charge in [-0.05, 0) is 18.1 Å². The van der Waals surface area contributed by atoms with Gasteiger partial charge in [0.1, 0.15) is 5.82 Å². The molecule has 0 radical (unpaired) electrons. The Balaban J connectivity index is 2.56. The first kappa shape index (κ1) is 18.3. The molecule has 0 atom stereocenters. The molecule has 2 N–H and O–H groups in total. The van der Waals surface area contributed by atoms with Crippen LogP contribution in [0.15, 0.2) is 67.3 Å². The van der Waals surface area contributed by atoms with Crippen LogP contribution in [0.25, 0.3) is 5.57 Å². The molecule has 0 saturated heterocycles. The van der Waals surface area contributed by atoms with E-state index in [4.69, 9.17) is 0 Å². The summed E-state index contributed by atoms with van der Waals surface area (Å²) < 4.78 is 0. The highest BCUT2D eigenvalue weighted by Gasteiger charge is 2.16. The molecular weight excluding hydrogens is 314 g/mol. The number of carboxylic acid groups (broad SMARTS) is 1. The van der Waals surface area contributed by atoms with Gasteiger partial charge in [-0.25, -0.2) is 4.79 Å². The fraction of sp³-hybridized carbons (Fsp3) is 0.200. The minimum absolute atomic E-state index is 0.175. The van der Waals surface area contributed by atoms with Gasteiger partial charge in [0.2, 0.25) is 0 Å². The molecular formula is C20H23N3O2. The van der Waals surface area contributed by atoms with Crippen LogP contribution in [0.3, 0.4) is 0 Å². The highest BCUT2D eigenvalue weighted by molar-refractivity contribution is 5.94. The summed E-state index contributed by atoms with van der Waals surface area (Å²) in [5, 5.41) is 12.7. The molecule has 2 rings (SSSR count). The number of benzene rings is 1. The van der Waals surface area contributed by atoms with E-state index in [1.54, 1.807) is 6.08 Å². The normalized spacial score (nSPS) is 11.4. The van der Waals surface area contributed by atoms with Crippen molar-refractivity contribution in [2.45, 2.75) is 13.3 Å². The van der Waals surface area contributed by atoms with Crippen molar-refractivity contribution >= 4 is 17.2 Å². The Bertz CT molecular complexity index is 770. The number of hydrogen-bond acceptors (Lipinski definition) is 4. The summed E-state index contributed by atoms with van der Waals surface area (Å²) in [7, 11) is 1.97. The zero-order valence-electron chi connectivity index (χ0n) is 14.6. The average molecular weight is 337 g/mol. The van der Waals surface area contributed by atoms with Crippen LogP contribution in [0, 0.1) is 0 Å². The highest BCUT2D eigenvalue weighted by atomic mass is 16.4. The van der Waals surface area contributed by atoms with E-state index in [9.17, 15) is 9.90 Å². The van der Waals surface area contributed by atoms with E-state index < -0.39 is 5.97 Å². The summed E-state index contributed by atoms with van der Waals surface area (Å²) in [4.78, 5) is 17.6. The van der Waals surface area contributed by atoms with E-state index in [-0.39, 0.29) is 5.56 Å². The van der Waals surface area contributed by atoms with Crippen LogP contribution in [0.2, 0.25) is 0 Å². The van der Waals surface area contributed by atoms with Crippen LogP contribution in [-0.4, -0.2) is 34.6 Å². The number of nitrogens with zero attached hydrogens (tertiary/aromatic N) is 2. The minimum Gasteiger partial charge on any atom is -0.478 e. The van der Waals surface area contributed by atoms with Crippen molar-refractivity contribution in [1.29, 1.82) is 0 Å². The van der Waals surface area contributed by atoms with Crippen molar-refractivity contribution in [1.82, 2.24) is 9.88 Å². The summed E-state index contributed by atoms with van der Waals surface area (Å²) in [6.45, 7) is 6.85. The number of aromatic carboxylic acids is 1. The zero-order valence-corrected chi connectivity index (χ0v) is 14.6. The number of aromatic nitrogens is 1. The lowest BCUT2D eigenvalue weighted by molar-refractivity contribution is 0.0698. The second kappa shape index (κ2) is 8.68. The Morgan fingerprint density at radius 1 is 1.32 bits per heavy atom. The molecule has 0 fully saturated rings. The lowest BCUT2D eigenvalue weighted by atomic mass is 10.1. The fourth-order valence-electron chi connectivity index (χ4n) is 2.59. The van der Waals surface area contributed by atoms with Crippen LogP contribution >= 0.6 is 0 Å². The molecule has 0 spiro atoms. The SMILES string of the molecule is C=C/C(=C(/Nc1cnccc1C(=O)O)N(C)CCC)c1ccccc1. The Kier molecular flexibility index (Phi) is 6.34. The number of pyridine rings is 1. The first-order valence-corrected chi connectivity index (χ1v) is 8.16. The predicted octanol–water partition coefficient (Wildman–Crippen LogP) is 4.09. The van der Waals surface area contributed by atoms with E-state index in [0.29, 0.717) is 5.69 Å². The van der Waals surface area contributed by atoms with E-state index in [1.807, 2.05) is 37.4 Å². The molecule has 2 aromatic rings. The smallest absolute Gasteiger partial charge is 0.337 e. The Morgan fingerprint density at radius 3 is 2.64 bits per heavy atom. The maximum absolute atomic E-state index is 11.5. The fourth-order valence-corrected chi connectivity index (χ4v) is 2.59. The molecule has 1 aromatic carbocycles. The van der Waals surface area contributed by atoms with Crippen LogP contribution in [0.4, 0.5) is 5.69 Å². The molecule has 0 saturated carbocycles. The molecule has 0 aliphatic heterocycles. The average Bonchev–Trinajstić information content (AvgIpc) is 2.63. The largest absolute Gasteiger partial charge is 0.478 e. The standard InChI is InChI=1S/C20H23N3O2/c1-4-13-23(3)19(16(5-2)15-9-7-6-8-10-15)22-18-14-21-12-11-17(18)20(24)25/h5-12,14,22H,2,4,13H2,1,3H3,(H,24,25)/b19-16+. The van der Waals surface area contributed by atoms with Gasteiger partial charge in [0, 0.05) is 25.4 Å². The van der Waals surface area contributed by atoms with Gasteiger partial charge in [0.25, 0.3) is 0 Å². The zero-order chi connectivity index (χ0) is 18.2. The van der Waals surface area contributed by atoms with Crippen LogP contribution in [-0.2, 0) is 0 Å². The number of nitrogens with one attached hydrogen (secondary N) is 1. The van der Waals surface area contributed by atoms with Crippen LogP contribution in [0.1, 0.15) is 29.3 Å². The maximum Gasteiger partial charge on any atom is 0.337 e. The third-order valence-corrected chi connectivity index (χ3v) is 3.79. The molecule has 5 nitrogen and oxygen atoms in total. The van der Waals surface area contributed by atoms with Crippen molar-refractivity contribution in [2.75, 3.05) is 18.9 Å². The van der Waals surface area contributed by atoms with Crippen molar-refractivity contribution < 1.29 is 9.90 Å². The van der Waals surface area contributed by atoms with Gasteiger partial charge in [-0.2, -0.15) is 0 Å². The van der Waals surface area contributed by atoms with E-state index in [1.165, 1.54) is 18.5 Å². The summed E-state index contributed by atoms with van der Waals surface area (Å²) >= 11 is 0. The summed E-state index contributed by atoms with van der Waals surface area (Å²) in [5.74, 6) is -0.208. The summed E-state index contributed by atoms with van der Waals surface area (Å²) in [6.07, 6.45) is 5.73. The molecule has 25 heavy (non-hydrogen) atoms. The van der Waals surface area contributed by atoms with Gasteiger partial charge in [0.15, 0.2) is 0 Å². The summed E-state index contributed by atoms with van der Waals surface area (Å²) in [6, 6.07) is 11.4. The maximum atomic E-state index is 11.5. The number of allylic oxidation sites excluding steroid dienone is 2. The first-order chi connectivity index (χ1) is 12.1. The third kappa shape index (κ3) is 4.47.